The molecule has 2 rings (SSSR count). The van der Waals surface area contributed by atoms with Crippen LogP contribution in [0, 0.1) is 13.8 Å². The van der Waals surface area contributed by atoms with E-state index in [1.807, 2.05) is 19.9 Å². The minimum Gasteiger partial charge on any atom is -0.478 e. The highest BCUT2D eigenvalue weighted by molar-refractivity contribution is 6.03. The quantitative estimate of drug-likeness (QED) is 0.702. The number of hydrogen-bond acceptors (Lipinski definition) is 4. The summed E-state index contributed by atoms with van der Waals surface area (Å²) < 4.78 is 0. The summed E-state index contributed by atoms with van der Waals surface area (Å²) in [6, 6.07) is 9.79. The second-order valence-corrected chi connectivity index (χ2v) is 5.79. The fraction of sp³-hybridized carbons (Fsp3) is 0.211. The summed E-state index contributed by atoms with van der Waals surface area (Å²) in [6.45, 7) is 5.23. The molecule has 6 nitrogen and oxygen atoms in total. The van der Waals surface area contributed by atoms with Gasteiger partial charge in [0.2, 0.25) is 5.91 Å². The number of Topliss-reactive ketones (excluding diaryl/α,β-unsaturated/α-hetero) is 1. The molecule has 0 atom stereocenters. The lowest BCUT2D eigenvalue weighted by atomic mass is 10.0. The molecule has 2 aromatic carbocycles. The lowest BCUT2D eigenvalue weighted by Gasteiger charge is -2.14. The highest BCUT2D eigenvalue weighted by Gasteiger charge is 2.13. The number of amides is 1. The largest absolute Gasteiger partial charge is 0.478 e. The molecule has 0 aliphatic rings. The van der Waals surface area contributed by atoms with E-state index in [9.17, 15) is 14.4 Å². The average Bonchev–Trinajstić information content (AvgIpc) is 2.55. The van der Waals surface area contributed by atoms with E-state index in [1.54, 1.807) is 18.2 Å². The first-order valence-electron chi connectivity index (χ1n) is 7.78. The number of hydrogen-bond donors (Lipinski definition) is 3. The van der Waals surface area contributed by atoms with E-state index >= 15 is 0 Å². The van der Waals surface area contributed by atoms with Gasteiger partial charge in [0.25, 0.3) is 0 Å². The van der Waals surface area contributed by atoms with Crippen molar-refractivity contribution in [3.63, 3.8) is 0 Å². The van der Waals surface area contributed by atoms with Crippen LogP contribution in [0.5, 0.6) is 0 Å². The first-order chi connectivity index (χ1) is 11.8. The summed E-state index contributed by atoms with van der Waals surface area (Å²) in [4.78, 5) is 35.1. The number of carboxylic acid groups (broad SMARTS) is 1. The molecule has 1 amide bonds. The highest BCUT2D eigenvalue weighted by Crippen LogP contribution is 2.21. The number of aryl methyl sites for hydroxylation is 2. The summed E-state index contributed by atoms with van der Waals surface area (Å²) >= 11 is 0. The van der Waals surface area contributed by atoms with Crippen molar-refractivity contribution in [2.45, 2.75) is 20.8 Å². The summed E-state index contributed by atoms with van der Waals surface area (Å²) in [5.41, 5.74) is 3.35. The molecule has 6 heteroatoms. The number of anilines is 2. The molecule has 0 radical (unpaired) electrons. The van der Waals surface area contributed by atoms with Crippen LogP contribution in [0.4, 0.5) is 11.4 Å². The number of rotatable bonds is 6. The molecule has 0 saturated carbocycles. The number of carboxylic acids is 1. The van der Waals surface area contributed by atoms with Crippen LogP contribution >= 0.6 is 0 Å². The van der Waals surface area contributed by atoms with E-state index in [1.165, 1.54) is 19.1 Å². The van der Waals surface area contributed by atoms with Crippen LogP contribution in [0.15, 0.2) is 36.4 Å². The Kier molecular flexibility index (Phi) is 5.54. The molecule has 0 aliphatic carbocycles. The number of benzene rings is 2. The lowest BCUT2D eigenvalue weighted by Crippen LogP contribution is -2.23. The predicted molar refractivity (Wildman–Crippen MR) is 96.4 cm³/mol. The predicted octanol–water partition coefficient (Wildman–Crippen LogP) is 3.25. The zero-order valence-corrected chi connectivity index (χ0v) is 14.3. The molecule has 0 saturated heterocycles. The smallest absolute Gasteiger partial charge is 0.337 e. The normalized spacial score (nSPS) is 10.2. The van der Waals surface area contributed by atoms with Crippen LogP contribution in [0.2, 0.25) is 0 Å². The highest BCUT2D eigenvalue weighted by atomic mass is 16.4. The van der Waals surface area contributed by atoms with E-state index in [-0.39, 0.29) is 23.6 Å². The Bertz CT molecular complexity index is 843. The summed E-state index contributed by atoms with van der Waals surface area (Å²) in [6.07, 6.45) is 0. The number of ketones is 1. The van der Waals surface area contributed by atoms with Gasteiger partial charge in [-0.3, -0.25) is 9.59 Å². The van der Waals surface area contributed by atoms with Crippen molar-refractivity contribution in [2.75, 3.05) is 17.2 Å². The SMILES string of the molecule is CC(=O)c1cc(C)c(C)cc1NCC(=O)Nc1ccccc1C(=O)O. The third-order valence-electron chi connectivity index (χ3n) is 3.88. The third-order valence-corrected chi connectivity index (χ3v) is 3.88. The summed E-state index contributed by atoms with van der Waals surface area (Å²) in [5, 5.41) is 14.7. The topological polar surface area (TPSA) is 95.5 Å². The van der Waals surface area contributed by atoms with Gasteiger partial charge >= 0.3 is 5.97 Å². The fourth-order valence-electron chi connectivity index (χ4n) is 2.40. The van der Waals surface area contributed by atoms with E-state index < -0.39 is 11.9 Å². The van der Waals surface area contributed by atoms with Crippen LogP contribution in [0.3, 0.4) is 0 Å². The zero-order valence-electron chi connectivity index (χ0n) is 14.3. The van der Waals surface area contributed by atoms with E-state index in [4.69, 9.17) is 5.11 Å². The lowest BCUT2D eigenvalue weighted by molar-refractivity contribution is -0.114. The van der Waals surface area contributed by atoms with Crippen LogP contribution < -0.4 is 10.6 Å². The molecule has 130 valence electrons. The van der Waals surface area contributed by atoms with Gasteiger partial charge in [0, 0.05) is 11.3 Å². The van der Waals surface area contributed by atoms with Crippen molar-refractivity contribution in [1.29, 1.82) is 0 Å². The van der Waals surface area contributed by atoms with Crippen LogP contribution in [-0.2, 0) is 4.79 Å². The number of aromatic carboxylic acids is 1. The molecule has 0 heterocycles. The number of para-hydroxylation sites is 1. The van der Waals surface area contributed by atoms with Gasteiger partial charge in [-0.05, 0) is 56.2 Å². The molecule has 0 unspecified atom stereocenters. The molecule has 3 N–H and O–H groups in total. The van der Waals surface area contributed by atoms with Crippen LogP contribution in [-0.4, -0.2) is 29.3 Å². The first kappa shape index (κ1) is 18.2. The maximum atomic E-state index is 12.1. The number of nitrogens with one attached hydrogen (secondary N) is 2. The summed E-state index contributed by atoms with van der Waals surface area (Å²) in [5.74, 6) is -1.61. The molecule has 0 aliphatic heterocycles. The van der Waals surface area contributed by atoms with Gasteiger partial charge in [-0.15, -0.1) is 0 Å². The van der Waals surface area contributed by atoms with Gasteiger partial charge in [0.1, 0.15) is 0 Å². The second kappa shape index (κ2) is 7.61. The molecule has 0 aromatic heterocycles. The monoisotopic (exact) mass is 340 g/mol. The van der Waals surface area contributed by atoms with E-state index in [0.717, 1.165) is 11.1 Å². The maximum Gasteiger partial charge on any atom is 0.337 e. The Hall–Kier alpha value is -3.15. The molecular formula is C19H20N2O4. The number of carbonyl (C=O) groups is 3. The maximum absolute atomic E-state index is 12.1. The first-order valence-corrected chi connectivity index (χ1v) is 7.78. The Morgan fingerprint density at radius 1 is 0.960 bits per heavy atom. The van der Waals surface area contributed by atoms with Crippen molar-refractivity contribution in [3.05, 3.63) is 58.7 Å². The minimum atomic E-state index is -1.11. The van der Waals surface area contributed by atoms with E-state index in [2.05, 4.69) is 10.6 Å². The molecular weight excluding hydrogens is 320 g/mol. The molecule has 0 fully saturated rings. The van der Waals surface area contributed by atoms with Crippen molar-refractivity contribution < 1.29 is 19.5 Å². The number of carbonyl (C=O) groups excluding carboxylic acids is 2. The second-order valence-electron chi connectivity index (χ2n) is 5.79. The van der Waals surface area contributed by atoms with Gasteiger partial charge in [-0.1, -0.05) is 12.1 Å². The van der Waals surface area contributed by atoms with Gasteiger partial charge in [-0.2, -0.15) is 0 Å². The third kappa shape index (κ3) is 4.44. The van der Waals surface area contributed by atoms with Gasteiger partial charge in [0.05, 0.1) is 17.8 Å². The summed E-state index contributed by atoms with van der Waals surface area (Å²) in [7, 11) is 0. The minimum absolute atomic E-state index is 0.0199. The van der Waals surface area contributed by atoms with Crippen molar-refractivity contribution in [1.82, 2.24) is 0 Å². The van der Waals surface area contributed by atoms with Gasteiger partial charge < -0.3 is 15.7 Å². The Morgan fingerprint density at radius 2 is 1.60 bits per heavy atom. The van der Waals surface area contributed by atoms with E-state index in [0.29, 0.717) is 11.3 Å². The molecule has 0 spiro atoms. The Labute approximate surface area is 145 Å². The van der Waals surface area contributed by atoms with Crippen LogP contribution in [0.1, 0.15) is 38.8 Å². The average molecular weight is 340 g/mol. The van der Waals surface area contributed by atoms with Gasteiger partial charge in [-0.25, -0.2) is 4.79 Å². The van der Waals surface area contributed by atoms with Crippen molar-refractivity contribution in [3.8, 4) is 0 Å². The van der Waals surface area contributed by atoms with Crippen molar-refractivity contribution in [2.24, 2.45) is 0 Å². The zero-order chi connectivity index (χ0) is 18.6. The standard InChI is InChI=1S/C19H20N2O4/c1-11-8-15(13(3)22)17(9-12(11)2)20-10-18(23)21-16-7-5-4-6-14(16)19(24)25/h4-9,20H,10H2,1-3H3,(H,21,23)(H,24,25). The van der Waals surface area contributed by atoms with Gasteiger partial charge in [0.15, 0.2) is 5.78 Å². The van der Waals surface area contributed by atoms with Crippen LogP contribution in [0.25, 0.3) is 0 Å². The van der Waals surface area contributed by atoms with Crippen molar-refractivity contribution >= 4 is 29.0 Å². The molecule has 25 heavy (non-hydrogen) atoms. The Balaban J connectivity index is 2.12. The Morgan fingerprint density at radius 3 is 2.24 bits per heavy atom. The molecule has 2 aromatic rings. The fourth-order valence-corrected chi connectivity index (χ4v) is 2.40. The molecule has 0 bridgehead atoms.